The third-order valence-electron chi connectivity index (χ3n) is 3.44. The van der Waals surface area contributed by atoms with Gasteiger partial charge in [-0.2, -0.15) is 4.31 Å². The van der Waals surface area contributed by atoms with Crippen molar-refractivity contribution in [3.8, 4) is 0 Å². The fourth-order valence-electron chi connectivity index (χ4n) is 2.31. The number of nitrogens with zero attached hydrogens (tertiary/aromatic N) is 3. The van der Waals surface area contributed by atoms with Gasteiger partial charge in [0.25, 0.3) is 0 Å². The summed E-state index contributed by atoms with van der Waals surface area (Å²) in [6.07, 6.45) is 1.93. The third kappa shape index (κ3) is 2.53. The highest BCUT2D eigenvalue weighted by Crippen LogP contribution is 2.25. The van der Waals surface area contributed by atoms with E-state index in [4.69, 9.17) is 5.73 Å². The number of hydrogen-bond acceptors (Lipinski definition) is 5. The molecule has 9 heteroatoms. The molecule has 1 aromatic heterocycles. The van der Waals surface area contributed by atoms with Crippen LogP contribution in [0.1, 0.15) is 11.3 Å². The molecule has 0 aliphatic carbocycles. The smallest absolute Gasteiger partial charge is 0.246 e. The van der Waals surface area contributed by atoms with Crippen LogP contribution in [0.25, 0.3) is 0 Å². The predicted octanol–water partition coefficient (Wildman–Crippen LogP) is 1.08. The van der Waals surface area contributed by atoms with Crippen molar-refractivity contribution in [2.75, 3.05) is 12.3 Å². The van der Waals surface area contributed by atoms with Crippen LogP contribution in [0, 0.1) is 11.6 Å². The molecule has 1 aliphatic heterocycles. The fraction of sp³-hybridized carbons (Fsp3) is 0.231. The highest BCUT2D eigenvalue weighted by Gasteiger charge is 2.31. The second kappa shape index (κ2) is 5.25. The van der Waals surface area contributed by atoms with Gasteiger partial charge in [-0.1, -0.05) is 0 Å². The van der Waals surface area contributed by atoms with Crippen molar-refractivity contribution in [3.63, 3.8) is 0 Å². The molecule has 0 bridgehead atoms. The van der Waals surface area contributed by atoms with E-state index in [2.05, 4.69) is 9.97 Å². The topological polar surface area (TPSA) is 89.2 Å². The van der Waals surface area contributed by atoms with Crippen LogP contribution < -0.4 is 5.73 Å². The summed E-state index contributed by atoms with van der Waals surface area (Å²) in [4.78, 5) is 7.17. The first-order valence-corrected chi connectivity index (χ1v) is 7.87. The maximum atomic E-state index is 13.8. The number of anilines is 1. The van der Waals surface area contributed by atoms with Crippen molar-refractivity contribution < 1.29 is 17.2 Å². The van der Waals surface area contributed by atoms with Crippen LogP contribution in [-0.4, -0.2) is 29.2 Å². The molecule has 116 valence electrons. The minimum absolute atomic E-state index is 0.0370. The summed E-state index contributed by atoms with van der Waals surface area (Å²) < 4.78 is 53.1. The number of fused-ring (bicyclic) bond motifs is 1. The second-order valence-corrected chi connectivity index (χ2v) is 6.77. The molecule has 0 atom stereocenters. The summed E-state index contributed by atoms with van der Waals surface area (Å²) in [6.45, 7) is 0.0822. The van der Waals surface area contributed by atoms with Gasteiger partial charge in [-0.25, -0.2) is 27.2 Å². The maximum absolute atomic E-state index is 13.8. The average Bonchev–Trinajstić information content (AvgIpc) is 2.48. The molecular weight excluding hydrogens is 314 g/mol. The van der Waals surface area contributed by atoms with Crippen LogP contribution in [0.3, 0.4) is 0 Å². The second-order valence-electron chi connectivity index (χ2n) is 4.86. The average molecular weight is 326 g/mol. The molecule has 0 saturated carbocycles. The lowest BCUT2D eigenvalue weighted by molar-refractivity contribution is 0.381. The van der Waals surface area contributed by atoms with Gasteiger partial charge in [0.1, 0.15) is 16.5 Å². The molecular formula is C13H12F2N4O2S. The number of hydrogen-bond donors (Lipinski definition) is 1. The van der Waals surface area contributed by atoms with Crippen LogP contribution in [0.2, 0.25) is 0 Å². The lowest BCUT2D eigenvalue weighted by Crippen LogP contribution is -2.37. The van der Waals surface area contributed by atoms with E-state index in [1.54, 1.807) is 6.20 Å². The molecule has 6 nitrogen and oxygen atoms in total. The Balaban J connectivity index is 1.99. The number of sulfonamides is 1. The van der Waals surface area contributed by atoms with E-state index < -0.39 is 26.6 Å². The Labute approximate surface area is 125 Å². The van der Waals surface area contributed by atoms with E-state index in [1.165, 1.54) is 0 Å². The number of halogens is 2. The Hall–Kier alpha value is -2.13. The van der Waals surface area contributed by atoms with Gasteiger partial charge in [-0.15, -0.1) is 0 Å². The van der Waals surface area contributed by atoms with Crippen LogP contribution in [0.4, 0.5) is 14.7 Å². The van der Waals surface area contributed by atoms with Crippen molar-refractivity contribution in [1.29, 1.82) is 0 Å². The SMILES string of the molecule is Nc1ncc2c(n1)CN(S(=O)(=O)c1cc(F)ccc1F)CC2. The Morgan fingerprint density at radius 2 is 2.05 bits per heavy atom. The third-order valence-corrected chi connectivity index (χ3v) is 5.30. The maximum Gasteiger partial charge on any atom is 0.246 e. The van der Waals surface area contributed by atoms with Crippen LogP contribution in [-0.2, 0) is 23.0 Å². The zero-order chi connectivity index (χ0) is 15.9. The van der Waals surface area contributed by atoms with Crippen LogP contribution in [0.15, 0.2) is 29.3 Å². The molecule has 3 rings (SSSR count). The van der Waals surface area contributed by atoms with Gasteiger partial charge >= 0.3 is 0 Å². The molecule has 0 radical (unpaired) electrons. The first kappa shape index (κ1) is 14.8. The van der Waals surface area contributed by atoms with E-state index in [9.17, 15) is 17.2 Å². The van der Waals surface area contributed by atoms with Gasteiger partial charge in [-0.3, -0.25) is 0 Å². The van der Waals surface area contributed by atoms with Crippen LogP contribution >= 0.6 is 0 Å². The molecule has 1 aliphatic rings. The number of aromatic nitrogens is 2. The summed E-state index contributed by atoms with van der Waals surface area (Å²) in [5.74, 6) is -1.77. The number of nitrogens with two attached hydrogens (primary N) is 1. The molecule has 1 aromatic carbocycles. The van der Waals surface area contributed by atoms with E-state index in [1.807, 2.05) is 0 Å². The minimum Gasteiger partial charge on any atom is -0.368 e. The molecule has 0 spiro atoms. The van der Waals surface area contributed by atoms with Gasteiger partial charge < -0.3 is 5.73 Å². The van der Waals surface area contributed by atoms with E-state index in [0.717, 1.165) is 22.0 Å². The Kier molecular flexibility index (Phi) is 3.53. The standard InChI is InChI=1S/C13H12F2N4O2S/c14-9-1-2-10(15)12(5-9)22(20,21)19-4-3-8-6-17-13(16)18-11(8)7-19/h1-2,5-6H,3-4,7H2,(H2,16,17,18). The number of rotatable bonds is 2. The molecule has 0 unspecified atom stereocenters. The molecule has 2 aromatic rings. The van der Waals surface area contributed by atoms with Gasteiger partial charge in [0.15, 0.2) is 0 Å². The van der Waals surface area contributed by atoms with Gasteiger partial charge in [-0.05, 0) is 30.2 Å². The highest BCUT2D eigenvalue weighted by molar-refractivity contribution is 7.89. The van der Waals surface area contributed by atoms with E-state index >= 15 is 0 Å². The van der Waals surface area contributed by atoms with Crippen molar-refractivity contribution in [1.82, 2.24) is 14.3 Å². The zero-order valence-corrected chi connectivity index (χ0v) is 12.1. The highest BCUT2D eigenvalue weighted by atomic mass is 32.2. The van der Waals surface area contributed by atoms with Gasteiger partial charge in [0, 0.05) is 12.7 Å². The molecule has 0 amide bonds. The number of benzene rings is 1. The lowest BCUT2D eigenvalue weighted by Gasteiger charge is -2.27. The quantitative estimate of drug-likeness (QED) is 0.892. The summed E-state index contributed by atoms with van der Waals surface area (Å²) in [7, 11) is -4.15. The summed E-state index contributed by atoms with van der Waals surface area (Å²) in [6, 6.07) is 2.34. The van der Waals surface area contributed by atoms with Crippen molar-refractivity contribution in [2.45, 2.75) is 17.9 Å². The normalized spacial score (nSPS) is 15.5. The van der Waals surface area contributed by atoms with Crippen LogP contribution in [0.5, 0.6) is 0 Å². The monoisotopic (exact) mass is 326 g/mol. The molecule has 0 saturated heterocycles. The minimum atomic E-state index is -4.15. The molecule has 22 heavy (non-hydrogen) atoms. The number of nitrogen functional groups attached to an aromatic ring is 1. The zero-order valence-electron chi connectivity index (χ0n) is 11.3. The lowest BCUT2D eigenvalue weighted by atomic mass is 10.1. The first-order chi connectivity index (χ1) is 10.4. The first-order valence-electron chi connectivity index (χ1n) is 6.43. The van der Waals surface area contributed by atoms with E-state index in [0.29, 0.717) is 18.2 Å². The van der Waals surface area contributed by atoms with E-state index in [-0.39, 0.29) is 19.0 Å². The largest absolute Gasteiger partial charge is 0.368 e. The summed E-state index contributed by atoms with van der Waals surface area (Å²) >= 11 is 0. The molecule has 0 fully saturated rings. The Bertz CT molecular complexity index is 842. The van der Waals surface area contributed by atoms with Crippen molar-refractivity contribution in [2.24, 2.45) is 0 Å². The van der Waals surface area contributed by atoms with Gasteiger partial charge in [0.05, 0.1) is 12.2 Å². The van der Waals surface area contributed by atoms with Crippen molar-refractivity contribution >= 4 is 16.0 Å². The fourth-order valence-corrected chi connectivity index (χ4v) is 3.79. The van der Waals surface area contributed by atoms with Crippen molar-refractivity contribution in [3.05, 3.63) is 47.3 Å². The summed E-state index contributed by atoms with van der Waals surface area (Å²) in [5, 5.41) is 0. The Morgan fingerprint density at radius 3 is 2.82 bits per heavy atom. The Morgan fingerprint density at radius 1 is 1.27 bits per heavy atom. The predicted molar refractivity (Wildman–Crippen MR) is 74.1 cm³/mol. The molecule has 2 N–H and O–H groups in total. The van der Waals surface area contributed by atoms with Gasteiger partial charge in [0.2, 0.25) is 16.0 Å². The molecule has 2 heterocycles. The summed E-state index contributed by atoms with van der Waals surface area (Å²) in [5.41, 5.74) is 6.76.